The van der Waals surface area contributed by atoms with Crippen LogP contribution >= 0.6 is 11.3 Å². The maximum absolute atomic E-state index is 13.4. The molecule has 3 aromatic rings. The number of thiazole rings is 1. The van der Waals surface area contributed by atoms with Crippen molar-refractivity contribution in [2.45, 2.75) is 26.1 Å². The first-order valence-electron chi connectivity index (χ1n) is 9.79. The highest BCUT2D eigenvalue weighted by molar-refractivity contribution is 7.07. The molecule has 0 spiro atoms. The zero-order valence-corrected chi connectivity index (χ0v) is 18.9. The molecule has 0 unspecified atom stereocenters. The Kier molecular flexibility index (Phi) is 5.61. The molecule has 0 bridgehead atoms. The fourth-order valence-electron chi connectivity index (χ4n) is 3.69. The van der Waals surface area contributed by atoms with Gasteiger partial charge in [0.15, 0.2) is 4.80 Å². The first-order chi connectivity index (χ1) is 15.5. The summed E-state index contributed by atoms with van der Waals surface area (Å²) >= 11 is 1.10. The molecule has 1 aliphatic rings. The molecule has 2 aromatic heterocycles. The lowest BCUT2D eigenvalue weighted by molar-refractivity contribution is -0.138. The van der Waals surface area contributed by atoms with Gasteiger partial charge in [-0.25, -0.2) is 9.79 Å². The second kappa shape index (κ2) is 8.14. The molecule has 0 saturated carbocycles. The van der Waals surface area contributed by atoms with Gasteiger partial charge in [0, 0.05) is 18.3 Å². The normalized spacial score (nSPS) is 16.6. The third-order valence-corrected chi connectivity index (χ3v) is 6.51. The van der Waals surface area contributed by atoms with Crippen LogP contribution in [0.1, 0.15) is 35.3 Å². The van der Waals surface area contributed by atoms with Gasteiger partial charge in [-0.05, 0) is 37.6 Å². The number of hydrogen-bond donors (Lipinski definition) is 0. The van der Waals surface area contributed by atoms with Crippen LogP contribution in [0.2, 0.25) is 0 Å². The van der Waals surface area contributed by atoms with Crippen LogP contribution in [0.3, 0.4) is 0 Å². The molecule has 11 heteroatoms. The van der Waals surface area contributed by atoms with Gasteiger partial charge in [-0.1, -0.05) is 23.5 Å². The second-order valence-corrected chi connectivity index (χ2v) is 8.51. The number of rotatable bonds is 3. The Morgan fingerprint density at radius 2 is 1.88 bits per heavy atom. The van der Waals surface area contributed by atoms with Gasteiger partial charge in [0.1, 0.15) is 6.04 Å². The number of carbonyl (C=O) groups excluding carboxylic acids is 1. The highest BCUT2D eigenvalue weighted by Crippen LogP contribution is 2.32. The Labute approximate surface area is 189 Å². The SMILES string of the molecule is COC(=O)C1=C(C)N=c2s/c(=C/c3ccc(C(F)(F)F)cc3)c(=O)n2[C@H]1c1cnn(C)c1C. The van der Waals surface area contributed by atoms with Gasteiger partial charge in [-0.15, -0.1) is 0 Å². The van der Waals surface area contributed by atoms with E-state index in [9.17, 15) is 22.8 Å². The summed E-state index contributed by atoms with van der Waals surface area (Å²) in [6.07, 6.45) is -1.34. The Morgan fingerprint density at radius 3 is 2.42 bits per heavy atom. The smallest absolute Gasteiger partial charge is 0.416 e. The number of carbonyl (C=O) groups is 1. The molecule has 172 valence electrons. The Bertz CT molecular complexity index is 1460. The summed E-state index contributed by atoms with van der Waals surface area (Å²) < 4.78 is 46.8. The van der Waals surface area contributed by atoms with E-state index in [0.29, 0.717) is 21.6 Å². The van der Waals surface area contributed by atoms with E-state index in [1.807, 2.05) is 6.92 Å². The summed E-state index contributed by atoms with van der Waals surface area (Å²) in [4.78, 5) is 30.9. The fourth-order valence-corrected chi connectivity index (χ4v) is 4.74. The van der Waals surface area contributed by atoms with Crippen LogP contribution in [-0.2, 0) is 22.8 Å². The summed E-state index contributed by atoms with van der Waals surface area (Å²) in [5.41, 5.74) is 1.29. The summed E-state index contributed by atoms with van der Waals surface area (Å²) in [7, 11) is 3.01. The largest absolute Gasteiger partial charge is 0.466 e. The predicted molar refractivity (Wildman–Crippen MR) is 115 cm³/mol. The average Bonchev–Trinajstić information content (AvgIpc) is 3.25. The molecule has 0 amide bonds. The maximum Gasteiger partial charge on any atom is 0.416 e. The van der Waals surface area contributed by atoms with Crippen molar-refractivity contribution in [3.8, 4) is 0 Å². The van der Waals surface area contributed by atoms with E-state index in [2.05, 4.69) is 10.1 Å². The number of aromatic nitrogens is 3. The maximum atomic E-state index is 13.4. The number of benzene rings is 1. The number of alkyl halides is 3. The van der Waals surface area contributed by atoms with Crippen molar-refractivity contribution >= 4 is 23.4 Å². The third-order valence-electron chi connectivity index (χ3n) is 5.53. The topological polar surface area (TPSA) is 78.5 Å². The molecule has 3 heterocycles. The molecular weight excluding hydrogens is 457 g/mol. The first-order valence-corrected chi connectivity index (χ1v) is 10.6. The van der Waals surface area contributed by atoms with Crippen molar-refractivity contribution in [1.82, 2.24) is 14.3 Å². The van der Waals surface area contributed by atoms with Gasteiger partial charge >= 0.3 is 12.1 Å². The minimum Gasteiger partial charge on any atom is -0.466 e. The van der Waals surface area contributed by atoms with Crippen LogP contribution in [0.15, 0.2) is 51.5 Å². The van der Waals surface area contributed by atoms with E-state index in [4.69, 9.17) is 4.74 Å². The lowest BCUT2D eigenvalue weighted by Gasteiger charge is -2.23. The monoisotopic (exact) mass is 476 g/mol. The lowest BCUT2D eigenvalue weighted by Crippen LogP contribution is -2.40. The van der Waals surface area contributed by atoms with Gasteiger partial charge in [0.2, 0.25) is 0 Å². The zero-order valence-electron chi connectivity index (χ0n) is 18.1. The molecule has 1 aliphatic heterocycles. The Morgan fingerprint density at radius 1 is 1.21 bits per heavy atom. The second-order valence-electron chi connectivity index (χ2n) is 7.50. The molecule has 0 aliphatic carbocycles. The Balaban J connectivity index is 1.92. The molecule has 1 atom stereocenters. The van der Waals surface area contributed by atoms with Crippen molar-refractivity contribution in [2.75, 3.05) is 7.11 Å². The molecule has 4 rings (SSSR count). The fraction of sp³-hybridized carbons (Fsp3) is 0.273. The van der Waals surface area contributed by atoms with Crippen LogP contribution in [0.5, 0.6) is 0 Å². The van der Waals surface area contributed by atoms with Crippen LogP contribution in [0, 0.1) is 6.92 Å². The molecule has 33 heavy (non-hydrogen) atoms. The molecule has 1 aromatic carbocycles. The minimum absolute atomic E-state index is 0.224. The minimum atomic E-state index is -4.44. The quantitative estimate of drug-likeness (QED) is 0.544. The van der Waals surface area contributed by atoms with Crippen LogP contribution in [0.4, 0.5) is 13.2 Å². The van der Waals surface area contributed by atoms with Crippen LogP contribution in [0.25, 0.3) is 6.08 Å². The van der Waals surface area contributed by atoms with Crippen molar-refractivity contribution in [1.29, 1.82) is 0 Å². The average molecular weight is 476 g/mol. The molecular formula is C22H19F3N4O3S. The Hall–Kier alpha value is -3.47. The van der Waals surface area contributed by atoms with E-state index in [-0.39, 0.29) is 10.1 Å². The lowest BCUT2D eigenvalue weighted by atomic mass is 9.96. The number of ether oxygens (including phenoxy) is 1. The number of methoxy groups -OCH3 is 1. The van der Waals surface area contributed by atoms with E-state index in [1.54, 1.807) is 24.9 Å². The summed E-state index contributed by atoms with van der Waals surface area (Å²) in [6, 6.07) is 3.73. The number of esters is 1. The van der Waals surface area contributed by atoms with E-state index in [0.717, 1.165) is 29.2 Å². The molecule has 0 N–H and O–H groups in total. The van der Waals surface area contributed by atoms with Gasteiger partial charge in [0.25, 0.3) is 5.56 Å². The van der Waals surface area contributed by atoms with E-state index < -0.39 is 29.3 Å². The summed E-state index contributed by atoms with van der Waals surface area (Å²) in [5, 5.41) is 4.24. The third kappa shape index (κ3) is 3.92. The summed E-state index contributed by atoms with van der Waals surface area (Å²) in [6.45, 7) is 3.49. The van der Waals surface area contributed by atoms with Gasteiger partial charge < -0.3 is 4.74 Å². The number of hydrogen-bond acceptors (Lipinski definition) is 6. The number of halogens is 3. The number of nitrogens with zero attached hydrogens (tertiary/aromatic N) is 4. The van der Waals surface area contributed by atoms with Crippen molar-refractivity contribution < 1.29 is 22.7 Å². The van der Waals surface area contributed by atoms with Crippen LogP contribution in [-0.4, -0.2) is 27.4 Å². The van der Waals surface area contributed by atoms with Crippen molar-refractivity contribution in [3.05, 3.63) is 83.8 Å². The van der Waals surface area contributed by atoms with Gasteiger partial charge in [0.05, 0.1) is 34.7 Å². The molecule has 0 radical (unpaired) electrons. The van der Waals surface area contributed by atoms with Crippen molar-refractivity contribution in [3.63, 3.8) is 0 Å². The first kappa shape index (κ1) is 22.7. The molecule has 7 nitrogen and oxygen atoms in total. The van der Waals surface area contributed by atoms with Crippen molar-refractivity contribution in [2.24, 2.45) is 12.0 Å². The number of fused-ring (bicyclic) bond motifs is 1. The molecule has 0 saturated heterocycles. The number of aryl methyl sites for hydroxylation is 1. The number of allylic oxidation sites excluding steroid dienone is 1. The van der Waals surface area contributed by atoms with E-state index in [1.165, 1.54) is 29.9 Å². The van der Waals surface area contributed by atoms with Gasteiger partial charge in [-0.2, -0.15) is 18.3 Å². The summed E-state index contributed by atoms with van der Waals surface area (Å²) in [5.74, 6) is -0.610. The molecule has 0 fully saturated rings. The van der Waals surface area contributed by atoms with Crippen LogP contribution < -0.4 is 14.9 Å². The highest BCUT2D eigenvalue weighted by Gasteiger charge is 2.35. The highest BCUT2D eigenvalue weighted by atomic mass is 32.1. The van der Waals surface area contributed by atoms with Gasteiger partial charge in [-0.3, -0.25) is 14.0 Å². The predicted octanol–water partition coefficient (Wildman–Crippen LogP) is 2.47. The van der Waals surface area contributed by atoms with E-state index >= 15 is 0 Å². The standard InChI is InChI=1S/C22H19F3N4O3S/c1-11-17(20(31)32-4)18(15-10-26-28(3)12(15)2)29-19(30)16(33-21(29)27-11)9-13-5-7-14(8-6-13)22(23,24)25/h5-10,18H,1-4H3/b16-9+/t18-/m0/s1. The zero-order chi connectivity index (χ0) is 24.1.